The smallest absolute Gasteiger partial charge is 0.229 e. The zero-order valence-corrected chi connectivity index (χ0v) is 12.3. The molecule has 0 saturated carbocycles. The Kier molecular flexibility index (Phi) is 4.24. The molecule has 98 valence electrons. The highest BCUT2D eigenvalue weighted by atomic mass is 35.5. The molecule has 0 spiro atoms. The van der Waals surface area contributed by atoms with Crippen molar-refractivity contribution in [3.8, 4) is 11.6 Å². The Morgan fingerprint density at radius 3 is 2.47 bits per heavy atom. The number of halogens is 2. The predicted molar refractivity (Wildman–Crippen MR) is 81.4 cm³/mol. The molecule has 6 heteroatoms. The van der Waals surface area contributed by atoms with E-state index in [1.165, 1.54) is 0 Å². The fourth-order valence-corrected chi connectivity index (χ4v) is 2.36. The van der Waals surface area contributed by atoms with Crippen molar-refractivity contribution in [3.05, 3.63) is 51.6 Å². The number of benzene rings is 1. The first-order valence-electron chi connectivity index (χ1n) is 5.36. The van der Waals surface area contributed by atoms with Gasteiger partial charge in [0.25, 0.3) is 0 Å². The van der Waals surface area contributed by atoms with Gasteiger partial charge >= 0.3 is 0 Å². The predicted octanol–water partition coefficient (Wildman–Crippen LogP) is 4.12. The van der Waals surface area contributed by atoms with Crippen LogP contribution in [0.25, 0.3) is 0 Å². The Morgan fingerprint density at radius 1 is 1.26 bits per heavy atom. The maximum Gasteiger partial charge on any atom is 0.229 e. The lowest BCUT2D eigenvalue weighted by Gasteiger charge is -2.11. The Hall–Kier alpha value is -1.36. The van der Waals surface area contributed by atoms with Crippen molar-refractivity contribution < 1.29 is 4.74 Å². The number of ether oxygens (including phenoxy) is 1. The van der Waals surface area contributed by atoms with Crippen molar-refractivity contribution >= 4 is 40.4 Å². The lowest BCUT2D eigenvalue weighted by molar-refractivity contribution is 0.461. The van der Waals surface area contributed by atoms with Crippen LogP contribution in [0.3, 0.4) is 0 Å². The zero-order valence-electron chi connectivity index (χ0n) is 9.98. The van der Waals surface area contributed by atoms with E-state index >= 15 is 0 Å². The monoisotopic (exact) mass is 312 g/mol. The number of nitrogens with zero attached hydrogens (tertiary/aromatic N) is 1. The minimum absolute atomic E-state index is 0.230. The van der Waals surface area contributed by atoms with Crippen LogP contribution in [0.4, 0.5) is 0 Å². The van der Waals surface area contributed by atoms with Gasteiger partial charge in [0.15, 0.2) is 0 Å². The lowest BCUT2D eigenvalue weighted by Crippen LogP contribution is -2.13. The largest absolute Gasteiger partial charge is 0.438 e. The van der Waals surface area contributed by atoms with E-state index in [1.54, 1.807) is 24.4 Å². The van der Waals surface area contributed by atoms with Crippen LogP contribution in [0.1, 0.15) is 11.1 Å². The number of aromatic nitrogens is 1. The van der Waals surface area contributed by atoms with E-state index in [4.69, 9.17) is 45.9 Å². The van der Waals surface area contributed by atoms with E-state index in [9.17, 15) is 0 Å². The topological polar surface area (TPSA) is 48.1 Å². The molecule has 0 saturated heterocycles. The third-order valence-corrected chi connectivity index (χ3v) is 3.06. The first-order valence-corrected chi connectivity index (χ1v) is 6.53. The highest BCUT2D eigenvalue weighted by Crippen LogP contribution is 2.29. The first-order chi connectivity index (χ1) is 8.97. The molecule has 0 bridgehead atoms. The molecule has 3 nitrogen and oxygen atoms in total. The molecule has 0 aliphatic rings. The molecule has 0 atom stereocenters. The van der Waals surface area contributed by atoms with Gasteiger partial charge in [0.1, 0.15) is 10.7 Å². The van der Waals surface area contributed by atoms with Crippen LogP contribution in [0.5, 0.6) is 11.6 Å². The molecule has 0 aliphatic carbocycles. The van der Waals surface area contributed by atoms with Crippen LogP contribution >= 0.6 is 35.4 Å². The normalized spacial score (nSPS) is 10.3. The molecular formula is C13H10Cl2N2OS. The second-order valence-corrected chi connectivity index (χ2v) is 5.19. The molecular weight excluding hydrogens is 303 g/mol. The quantitative estimate of drug-likeness (QED) is 0.866. The van der Waals surface area contributed by atoms with Gasteiger partial charge < -0.3 is 10.5 Å². The van der Waals surface area contributed by atoms with Gasteiger partial charge in [-0.3, -0.25) is 0 Å². The van der Waals surface area contributed by atoms with Crippen molar-refractivity contribution in [1.82, 2.24) is 4.98 Å². The van der Waals surface area contributed by atoms with E-state index in [2.05, 4.69) is 4.98 Å². The number of hydrogen-bond acceptors (Lipinski definition) is 3. The van der Waals surface area contributed by atoms with E-state index in [0.717, 1.165) is 5.56 Å². The summed E-state index contributed by atoms with van der Waals surface area (Å²) >= 11 is 16.8. The third kappa shape index (κ3) is 3.35. The second-order valence-electron chi connectivity index (χ2n) is 3.88. The summed E-state index contributed by atoms with van der Waals surface area (Å²) in [6.45, 7) is 1.88. The molecule has 0 fully saturated rings. The average Bonchev–Trinajstić information content (AvgIpc) is 2.26. The SMILES string of the molecule is Cc1ccnc(Oc2cc(Cl)cc(Cl)c2)c1C(N)=S. The van der Waals surface area contributed by atoms with Crippen LogP contribution in [0.15, 0.2) is 30.5 Å². The van der Waals surface area contributed by atoms with Crippen LogP contribution in [-0.4, -0.2) is 9.97 Å². The van der Waals surface area contributed by atoms with Crippen LogP contribution in [0.2, 0.25) is 10.0 Å². The number of aryl methyl sites for hydroxylation is 1. The molecule has 1 aromatic carbocycles. The second kappa shape index (κ2) is 5.74. The standard InChI is InChI=1S/C13H10Cl2N2OS/c1-7-2-3-17-13(11(7)12(16)19)18-10-5-8(14)4-9(15)6-10/h2-6H,1H3,(H2,16,19). The van der Waals surface area contributed by atoms with Gasteiger partial charge in [-0.05, 0) is 36.8 Å². The summed E-state index contributed by atoms with van der Waals surface area (Å²) in [4.78, 5) is 4.37. The molecule has 1 aromatic heterocycles. The summed E-state index contributed by atoms with van der Waals surface area (Å²) in [5.41, 5.74) is 7.19. The van der Waals surface area contributed by atoms with Gasteiger partial charge in [-0.2, -0.15) is 0 Å². The summed E-state index contributed by atoms with van der Waals surface area (Å²) in [5.74, 6) is 0.818. The van der Waals surface area contributed by atoms with Crippen molar-refractivity contribution in [2.45, 2.75) is 6.92 Å². The van der Waals surface area contributed by atoms with Gasteiger partial charge in [0.05, 0.1) is 5.56 Å². The maximum atomic E-state index is 5.91. The summed E-state index contributed by atoms with van der Waals surface area (Å²) in [6.07, 6.45) is 1.62. The maximum absolute atomic E-state index is 5.91. The molecule has 2 aromatic rings. The molecule has 2 N–H and O–H groups in total. The Balaban J connectivity index is 2.43. The van der Waals surface area contributed by atoms with Gasteiger partial charge in [0.2, 0.25) is 5.88 Å². The summed E-state index contributed by atoms with van der Waals surface area (Å²) in [7, 11) is 0. The summed E-state index contributed by atoms with van der Waals surface area (Å²) < 4.78 is 5.67. The third-order valence-electron chi connectivity index (χ3n) is 2.42. The van der Waals surface area contributed by atoms with Crippen molar-refractivity contribution in [3.63, 3.8) is 0 Å². The van der Waals surface area contributed by atoms with Crippen LogP contribution < -0.4 is 10.5 Å². The summed E-state index contributed by atoms with van der Waals surface area (Å²) in [5, 5.41) is 0.957. The molecule has 1 heterocycles. The molecule has 0 unspecified atom stereocenters. The molecule has 2 rings (SSSR count). The zero-order chi connectivity index (χ0) is 14.0. The molecule has 0 aliphatic heterocycles. The van der Waals surface area contributed by atoms with Gasteiger partial charge in [0, 0.05) is 16.2 Å². The fourth-order valence-electron chi connectivity index (χ4n) is 1.61. The van der Waals surface area contributed by atoms with Gasteiger partial charge in [-0.25, -0.2) is 4.98 Å². The Labute approximate surface area is 126 Å². The average molecular weight is 313 g/mol. The Morgan fingerprint density at radius 2 is 1.89 bits per heavy atom. The van der Waals surface area contributed by atoms with Gasteiger partial charge in [-0.1, -0.05) is 35.4 Å². The van der Waals surface area contributed by atoms with Crippen molar-refractivity contribution in [1.29, 1.82) is 0 Å². The minimum atomic E-state index is 0.230. The number of nitrogens with two attached hydrogens (primary N) is 1. The summed E-state index contributed by atoms with van der Waals surface area (Å²) in [6, 6.07) is 6.71. The van der Waals surface area contributed by atoms with Crippen molar-refractivity contribution in [2.24, 2.45) is 5.73 Å². The molecule has 0 amide bonds. The van der Waals surface area contributed by atoms with Gasteiger partial charge in [-0.15, -0.1) is 0 Å². The molecule has 19 heavy (non-hydrogen) atoms. The van der Waals surface area contributed by atoms with E-state index < -0.39 is 0 Å². The minimum Gasteiger partial charge on any atom is -0.438 e. The highest BCUT2D eigenvalue weighted by Gasteiger charge is 2.12. The first kappa shape index (κ1) is 14.1. The highest BCUT2D eigenvalue weighted by molar-refractivity contribution is 7.80. The number of hydrogen-bond donors (Lipinski definition) is 1. The fraction of sp³-hybridized carbons (Fsp3) is 0.0769. The van der Waals surface area contributed by atoms with E-state index in [-0.39, 0.29) is 4.99 Å². The number of rotatable bonds is 3. The Bertz CT molecular complexity index is 626. The van der Waals surface area contributed by atoms with Crippen molar-refractivity contribution in [2.75, 3.05) is 0 Å². The molecule has 0 radical (unpaired) electrons. The van der Waals surface area contributed by atoms with Crippen LogP contribution in [-0.2, 0) is 0 Å². The number of pyridine rings is 1. The van der Waals surface area contributed by atoms with E-state index in [1.807, 2.05) is 13.0 Å². The van der Waals surface area contributed by atoms with E-state index in [0.29, 0.717) is 27.2 Å². The van der Waals surface area contributed by atoms with Crippen LogP contribution in [0, 0.1) is 6.92 Å². The lowest BCUT2D eigenvalue weighted by atomic mass is 10.1. The number of thiocarbonyl (C=S) groups is 1.